The minimum atomic E-state index is -3.76. The Morgan fingerprint density at radius 1 is 1.00 bits per heavy atom. The molecule has 7 heteroatoms. The second kappa shape index (κ2) is 7.17. The number of amides is 1. The Morgan fingerprint density at radius 3 is 2.46 bits per heavy atom. The maximum absolute atomic E-state index is 13.3. The third-order valence-electron chi connectivity index (χ3n) is 5.88. The van der Waals surface area contributed by atoms with Gasteiger partial charge in [-0.2, -0.15) is 4.31 Å². The van der Waals surface area contributed by atoms with Gasteiger partial charge in [0.15, 0.2) is 0 Å². The van der Waals surface area contributed by atoms with Gasteiger partial charge in [-0.05, 0) is 49.9 Å². The molecular formula is C21H23ClN2O3S. The van der Waals surface area contributed by atoms with Crippen molar-refractivity contribution in [3.63, 3.8) is 0 Å². The van der Waals surface area contributed by atoms with E-state index < -0.39 is 15.4 Å². The summed E-state index contributed by atoms with van der Waals surface area (Å²) in [6.07, 6.45) is 2.04. The van der Waals surface area contributed by atoms with E-state index in [0.29, 0.717) is 37.9 Å². The predicted octanol–water partition coefficient (Wildman–Crippen LogP) is 3.86. The van der Waals surface area contributed by atoms with Crippen LogP contribution in [0.15, 0.2) is 53.4 Å². The number of halogens is 1. The summed E-state index contributed by atoms with van der Waals surface area (Å²) in [5, 5.41) is 0.225. The summed E-state index contributed by atoms with van der Waals surface area (Å²) < 4.78 is 28.1. The van der Waals surface area contributed by atoms with Gasteiger partial charge in [-0.25, -0.2) is 8.42 Å². The average molecular weight is 419 g/mol. The highest BCUT2D eigenvalue weighted by Gasteiger charge is 2.51. The first-order chi connectivity index (χ1) is 13.3. The summed E-state index contributed by atoms with van der Waals surface area (Å²) >= 11 is 6.24. The molecule has 1 atom stereocenters. The van der Waals surface area contributed by atoms with Crippen LogP contribution >= 0.6 is 11.6 Å². The molecule has 1 unspecified atom stereocenters. The molecule has 2 aliphatic heterocycles. The molecule has 2 aliphatic rings. The van der Waals surface area contributed by atoms with E-state index in [2.05, 4.69) is 0 Å². The van der Waals surface area contributed by atoms with Crippen molar-refractivity contribution in [2.24, 2.45) is 5.41 Å². The standard InChI is InChI=1S/C21H23ClN2O3S/c1-16-7-5-10-18(22)19(16)28(26,27)23-13-6-11-21(15-23)12-14-24(20(21)25)17-8-3-2-4-9-17/h2-5,7-10H,6,11-15H2,1H3. The highest BCUT2D eigenvalue weighted by Crippen LogP contribution is 2.43. The Morgan fingerprint density at radius 2 is 1.75 bits per heavy atom. The number of hydrogen-bond donors (Lipinski definition) is 0. The molecule has 1 spiro atoms. The monoisotopic (exact) mass is 418 g/mol. The molecule has 28 heavy (non-hydrogen) atoms. The number of carbonyl (C=O) groups is 1. The molecule has 0 aliphatic carbocycles. The minimum absolute atomic E-state index is 0.0227. The first-order valence-electron chi connectivity index (χ1n) is 9.47. The number of para-hydroxylation sites is 1. The minimum Gasteiger partial charge on any atom is -0.312 e. The van der Waals surface area contributed by atoms with Crippen LogP contribution in [-0.2, 0) is 14.8 Å². The fraction of sp³-hybridized carbons (Fsp3) is 0.381. The van der Waals surface area contributed by atoms with Gasteiger partial charge in [-0.3, -0.25) is 4.79 Å². The Hall–Kier alpha value is -1.89. The van der Waals surface area contributed by atoms with Crippen molar-refractivity contribution in [3.8, 4) is 0 Å². The zero-order valence-electron chi connectivity index (χ0n) is 15.8. The second-order valence-corrected chi connectivity index (χ2v) is 9.93. The first kappa shape index (κ1) is 19.4. The maximum Gasteiger partial charge on any atom is 0.244 e. The van der Waals surface area contributed by atoms with E-state index in [1.165, 1.54) is 4.31 Å². The zero-order valence-corrected chi connectivity index (χ0v) is 17.3. The SMILES string of the molecule is Cc1cccc(Cl)c1S(=O)(=O)N1CCCC2(CCN(c3ccccc3)C2=O)C1. The summed E-state index contributed by atoms with van der Waals surface area (Å²) in [4.78, 5) is 15.2. The normalized spacial score (nSPS) is 23.5. The largest absolute Gasteiger partial charge is 0.312 e. The van der Waals surface area contributed by atoms with Crippen molar-refractivity contribution in [2.75, 3.05) is 24.5 Å². The number of sulfonamides is 1. The van der Waals surface area contributed by atoms with Crippen LogP contribution in [0.2, 0.25) is 5.02 Å². The zero-order chi connectivity index (χ0) is 19.9. The predicted molar refractivity (Wildman–Crippen MR) is 110 cm³/mol. The number of carbonyl (C=O) groups excluding carboxylic acids is 1. The molecule has 148 valence electrons. The van der Waals surface area contributed by atoms with Crippen LogP contribution in [0.1, 0.15) is 24.8 Å². The van der Waals surface area contributed by atoms with Gasteiger partial charge >= 0.3 is 0 Å². The van der Waals surface area contributed by atoms with Gasteiger partial charge in [0.1, 0.15) is 4.90 Å². The number of piperidine rings is 1. The van der Waals surface area contributed by atoms with E-state index in [1.807, 2.05) is 30.3 Å². The van der Waals surface area contributed by atoms with Crippen LogP contribution in [0.25, 0.3) is 0 Å². The number of rotatable bonds is 3. The van der Waals surface area contributed by atoms with Gasteiger partial charge in [0, 0.05) is 25.3 Å². The Balaban J connectivity index is 1.64. The van der Waals surface area contributed by atoms with E-state index in [9.17, 15) is 13.2 Å². The number of anilines is 1. The summed E-state index contributed by atoms with van der Waals surface area (Å²) in [5.74, 6) is 0.0227. The molecule has 2 saturated heterocycles. The van der Waals surface area contributed by atoms with Crippen LogP contribution in [0.5, 0.6) is 0 Å². The molecule has 2 fully saturated rings. The average Bonchev–Trinajstić information content (AvgIpc) is 2.98. The summed E-state index contributed by atoms with van der Waals surface area (Å²) in [6.45, 7) is 2.98. The van der Waals surface area contributed by atoms with Gasteiger partial charge in [0.2, 0.25) is 15.9 Å². The summed E-state index contributed by atoms with van der Waals surface area (Å²) in [5.41, 5.74) is 0.832. The van der Waals surface area contributed by atoms with E-state index in [1.54, 1.807) is 30.0 Å². The van der Waals surface area contributed by atoms with Crippen LogP contribution in [-0.4, -0.2) is 38.3 Å². The Bertz CT molecular complexity index is 989. The molecule has 0 saturated carbocycles. The topological polar surface area (TPSA) is 57.7 Å². The van der Waals surface area contributed by atoms with Crippen molar-refractivity contribution < 1.29 is 13.2 Å². The smallest absolute Gasteiger partial charge is 0.244 e. The lowest BCUT2D eigenvalue weighted by Crippen LogP contribution is -2.50. The van der Waals surface area contributed by atoms with Gasteiger partial charge in [-0.1, -0.05) is 41.9 Å². The number of nitrogens with zero attached hydrogens (tertiary/aromatic N) is 2. The quantitative estimate of drug-likeness (QED) is 0.760. The molecule has 2 aromatic rings. The highest BCUT2D eigenvalue weighted by molar-refractivity contribution is 7.89. The van der Waals surface area contributed by atoms with E-state index in [-0.39, 0.29) is 22.4 Å². The third-order valence-corrected chi connectivity index (χ3v) is 8.36. The molecule has 0 bridgehead atoms. The highest BCUT2D eigenvalue weighted by atomic mass is 35.5. The fourth-order valence-electron chi connectivity index (χ4n) is 4.42. The molecule has 0 radical (unpaired) electrons. The summed E-state index contributed by atoms with van der Waals surface area (Å²) in [6, 6.07) is 14.7. The van der Waals surface area contributed by atoms with Crippen molar-refractivity contribution in [1.29, 1.82) is 0 Å². The second-order valence-electron chi connectivity index (χ2n) is 7.65. The number of aryl methyl sites for hydroxylation is 1. The lowest BCUT2D eigenvalue weighted by atomic mass is 9.79. The van der Waals surface area contributed by atoms with E-state index in [0.717, 1.165) is 5.69 Å². The Kier molecular flexibility index (Phi) is 4.98. The molecule has 1 amide bonds. The van der Waals surface area contributed by atoms with Crippen molar-refractivity contribution >= 4 is 33.2 Å². The van der Waals surface area contributed by atoms with Crippen LogP contribution in [0, 0.1) is 12.3 Å². The molecule has 2 aromatic carbocycles. The van der Waals surface area contributed by atoms with Crippen LogP contribution in [0.4, 0.5) is 5.69 Å². The van der Waals surface area contributed by atoms with Crippen LogP contribution in [0.3, 0.4) is 0 Å². The van der Waals surface area contributed by atoms with Crippen molar-refractivity contribution in [2.45, 2.75) is 31.1 Å². The van der Waals surface area contributed by atoms with Gasteiger partial charge in [-0.15, -0.1) is 0 Å². The molecule has 2 heterocycles. The van der Waals surface area contributed by atoms with Gasteiger partial charge < -0.3 is 4.90 Å². The molecule has 4 rings (SSSR count). The first-order valence-corrected chi connectivity index (χ1v) is 11.3. The Labute approximate surface area is 171 Å². The molecule has 0 aromatic heterocycles. The summed E-state index contributed by atoms with van der Waals surface area (Å²) in [7, 11) is -3.76. The fourth-order valence-corrected chi connectivity index (χ4v) is 6.77. The molecule has 5 nitrogen and oxygen atoms in total. The third kappa shape index (κ3) is 3.13. The van der Waals surface area contributed by atoms with Crippen molar-refractivity contribution in [1.82, 2.24) is 4.31 Å². The molecule has 0 N–H and O–H groups in total. The van der Waals surface area contributed by atoms with Gasteiger partial charge in [0.25, 0.3) is 0 Å². The number of benzene rings is 2. The van der Waals surface area contributed by atoms with E-state index >= 15 is 0 Å². The van der Waals surface area contributed by atoms with Crippen molar-refractivity contribution in [3.05, 3.63) is 59.1 Å². The lowest BCUT2D eigenvalue weighted by Gasteiger charge is -2.38. The molecular weight excluding hydrogens is 396 g/mol. The number of hydrogen-bond acceptors (Lipinski definition) is 3. The van der Waals surface area contributed by atoms with E-state index in [4.69, 9.17) is 11.6 Å². The van der Waals surface area contributed by atoms with Gasteiger partial charge in [0.05, 0.1) is 10.4 Å². The van der Waals surface area contributed by atoms with Crippen LogP contribution < -0.4 is 4.90 Å². The maximum atomic E-state index is 13.3. The lowest BCUT2D eigenvalue weighted by molar-refractivity contribution is -0.127.